The van der Waals surface area contributed by atoms with Crippen molar-refractivity contribution in [2.24, 2.45) is 0 Å². The Bertz CT molecular complexity index is 1200. The van der Waals surface area contributed by atoms with Gasteiger partial charge in [-0.1, -0.05) is 6.07 Å². The van der Waals surface area contributed by atoms with Gasteiger partial charge in [0.15, 0.2) is 5.58 Å². The first-order valence-corrected chi connectivity index (χ1v) is 8.39. The average molecular weight is 374 g/mol. The number of rotatable bonds is 4. The van der Waals surface area contributed by atoms with Crippen LogP contribution in [0.2, 0.25) is 0 Å². The molecular formula is C20H14N4O4. The number of amides is 1. The van der Waals surface area contributed by atoms with Crippen LogP contribution >= 0.6 is 0 Å². The summed E-state index contributed by atoms with van der Waals surface area (Å²) in [6.45, 7) is 1.55. The van der Waals surface area contributed by atoms with E-state index in [0.29, 0.717) is 28.2 Å². The first-order valence-electron chi connectivity index (χ1n) is 8.39. The fourth-order valence-electron chi connectivity index (χ4n) is 2.89. The molecule has 0 aliphatic heterocycles. The molecule has 4 rings (SSSR count). The Balaban J connectivity index is 1.63. The van der Waals surface area contributed by atoms with Crippen molar-refractivity contribution in [1.82, 2.24) is 9.97 Å². The average Bonchev–Trinajstić information content (AvgIpc) is 3.12. The standard InChI is InChI=1S/C20H14N4O4/c1-12-15(3-2-4-17(12)24(26)27)19(25)22-14-5-6-18-16(11-14)23-20(28-18)13-7-9-21-10-8-13/h2-11H,1H3,(H,22,25). The van der Waals surface area contributed by atoms with Gasteiger partial charge in [-0.3, -0.25) is 19.9 Å². The molecule has 0 spiro atoms. The predicted octanol–water partition coefficient (Wildman–Crippen LogP) is 4.36. The Hall–Kier alpha value is -4.07. The van der Waals surface area contributed by atoms with Crippen LogP contribution in [-0.2, 0) is 0 Å². The SMILES string of the molecule is Cc1c(C(=O)Nc2ccc3oc(-c4ccncc4)nc3c2)cccc1[N+](=O)[O-]. The molecule has 2 aromatic carbocycles. The fraction of sp³-hybridized carbons (Fsp3) is 0.0500. The van der Waals surface area contributed by atoms with Crippen molar-refractivity contribution in [3.05, 3.63) is 82.2 Å². The molecule has 138 valence electrons. The number of carbonyl (C=O) groups is 1. The smallest absolute Gasteiger partial charge is 0.273 e. The van der Waals surface area contributed by atoms with Gasteiger partial charge < -0.3 is 9.73 Å². The summed E-state index contributed by atoms with van der Waals surface area (Å²) in [5, 5.41) is 13.8. The maximum absolute atomic E-state index is 12.6. The summed E-state index contributed by atoms with van der Waals surface area (Å²) < 4.78 is 5.73. The largest absolute Gasteiger partial charge is 0.436 e. The highest BCUT2D eigenvalue weighted by Crippen LogP contribution is 2.27. The molecule has 0 saturated carbocycles. The number of oxazole rings is 1. The summed E-state index contributed by atoms with van der Waals surface area (Å²) in [4.78, 5) is 31.6. The van der Waals surface area contributed by atoms with Crippen molar-refractivity contribution >= 4 is 28.4 Å². The third-order valence-corrected chi connectivity index (χ3v) is 4.32. The molecule has 0 saturated heterocycles. The van der Waals surface area contributed by atoms with E-state index in [9.17, 15) is 14.9 Å². The molecule has 1 amide bonds. The van der Waals surface area contributed by atoms with Crippen LogP contribution in [0.4, 0.5) is 11.4 Å². The van der Waals surface area contributed by atoms with Crippen LogP contribution < -0.4 is 5.32 Å². The number of anilines is 1. The van der Waals surface area contributed by atoms with Crippen molar-refractivity contribution in [1.29, 1.82) is 0 Å². The van der Waals surface area contributed by atoms with E-state index in [1.165, 1.54) is 12.1 Å². The van der Waals surface area contributed by atoms with E-state index in [1.54, 1.807) is 55.7 Å². The van der Waals surface area contributed by atoms with Crippen molar-refractivity contribution in [3.63, 3.8) is 0 Å². The van der Waals surface area contributed by atoms with E-state index < -0.39 is 10.8 Å². The maximum Gasteiger partial charge on any atom is 0.273 e. The monoisotopic (exact) mass is 374 g/mol. The summed E-state index contributed by atoms with van der Waals surface area (Å²) in [5.41, 5.74) is 2.93. The topological polar surface area (TPSA) is 111 Å². The quantitative estimate of drug-likeness (QED) is 0.420. The van der Waals surface area contributed by atoms with Gasteiger partial charge in [-0.2, -0.15) is 0 Å². The maximum atomic E-state index is 12.6. The highest BCUT2D eigenvalue weighted by atomic mass is 16.6. The van der Waals surface area contributed by atoms with Gasteiger partial charge in [0.1, 0.15) is 5.52 Å². The van der Waals surface area contributed by atoms with E-state index in [2.05, 4.69) is 15.3 Å². The molecule has 0 fully saturated rings. The summed E-state index contributed by atoms with van der Waals surface area (Å²) in [7, 11) is 0. The Morgan fingerprint density at radius 3 is 2.68 bits per heavy atom. The summed E-state index contributed by atoms with van der Waals surface area (Å²) in [6, 6.07) is 13.1. The van der Waals surface area contributed by atoms with Crippen LogP contribution in [0.15, 0.2) is 65.3 Å². The Morgan fingerprint density at radius 1 is 1.14 bits per heavy atom. The lowest BCUT2D eigenvalue weighted by molar-refractivity contribution is -0.385. The van der Waals surface area contributed by atoms with Gasteiger partial charge in [-0.15, -0.1) is 0 Å². The Labute approximate surface area is 159 Å². The van der Waals surface area contributed by atoms with Gasteiger partial charge in [0.2, 0.25) is 5.89 Å². The van der Waals surface area contributed by atoms with Crippen LogP contribution in [0, 0.1) is 17.0 Å². The Morgan fingerprint density at radius 2 is 1.93 bits per heavy atom. The molecule has 8 heteroatoms. The lowest BCUT2D eigenvalue weighted by atomic mass is 10.1. The summed E-state index contributed by atoms with van der Waals surface area (Å²) >= 11 is 0. The number of nitrogens with one attached hydrogen (secondary N) is 1. The van der Waals surface area contributed by atoms with Crippen LogP contribution in [0.5, 0.6) is 0 Å². The van der Waals surface area contributed by atoms with Crippen molar-refractivity contribution in [2.45, 2.75) is 6.92 Å². The molecule has 1 N–H and O–H groups in total. The van der Waals surface area contributed by atoms with Crippen LogP contribution in [-0.4, -0.2) is 20.8 Å². The highest BCUT2D eigenvalue weighted by molar-refractivity contribution is 6.06. The number of nitro benzene ring substituents is 1. The van der Waals surface area contributed by atoms with Gasteiger partial charge in [-0.25, -0.2) is 4.98 Å². The first-order chi connectivity index (χ1) is 13.5. The molecule has 28 heavy (non-hydrogen) atoms. The van der Waals surface area contributed by atoms with Gasteiger partial charge in [-0.05, 0) is 43.3 Å². The number of hydrogen-bond acceptors (Lipinski definition) is 6. The second-order valence-corrected chi connectivity index (χ2v) is 6.10. The molecule has 2 heterocycles. The molecule has 0 aliphatic rings. The number of pyridine rings is 1. The minimum atomic E-state index is -0.506. The van der Waals surface area contributed by atoms with Crippen LogP contribution in [0.1, 0.15) is 15.9 Å². The number of nitro groups is 1. The molecule has 4 aromatic rings. The lowest BCUT2D eigenvalue weighted by Gasteiger charge is -2.07. The number of aromatic nitrogens is 2. The zero-order valence-electron chi connectivity index (χ0n) is 14.7. The minimum Gasteiger partial charge on any atom is -0.436 e. The molecule has 0 radical (unpaired) electrons. The minimum absolute atomic E-state index is 0.0957. The fourth-order valence-corrected chi connectivity index (χ4v) is 2.89. The molecule has 0 aliphatic carbocycles. The predicted molar refractivity (Wildman–Crippen MR) is 103 cm³/mol. The molecule has 0 unspecified atom stereocenters. The summed E-state index contributed by atoms with van der Waals surface area (Å²) in [6.07, 6.45) is 3.30. The third kappa shape index (κ3) is 3.18. The summed E-state index contributed by atoms with van der Waals surface area (Å²) in [5.74, 6) is 0.0220. The third-order valence-electron chi connectivity index (χ3n) is 4.32. The molecular weight excluding hydrogens is 360 g/mol. The van der Waals surface area contributed by atoms with E-state index in [0.717, 1.165) is 5.56 Å². The van der Waals surface area contributed by atoms with Crippen molar-refractivity contribution in [2.75, 3.05) is 5.32 Å². The highest BCUT2D eigenvalue weighted by Gasteiger charge is 2.18. The van der Waals surface area contributed by atoms with Gasteiger partial charge in [0.05, 0.1) is 4.92 Å². The van der Waals surface area contributed by atoms with E-state index in [1.807, 2.05) is 0 Å². The van der Waals surface area contributed by atoms with Crippen LogP contribution in [0.25, 0.3) is 22.6 Å². The zero-order chi connectivity index (χ0) is 19.7. The number of fused-ring (bicyclic) bond motifs is 1. The number of nitrogens with zero attached hydrogens (tertiary/aromatic N) is 3. The second-order valence-electron chi connectivity index (χ2n) is 6.10. The van der Waals surface area contributed by atoms with Gasteiger partial charge in [0, 0.05) is 40.8 Å². The molecule has 2 aromatic heterocycles. The van der Waals surface area contributed by atoms with Gasteiger partial charge >= 0.3 is 0 Å². The van der Waals surface area contributed by atoms with E-state index in [-0.39, 0.29) is 11.3 Å². The van der Waals surface area contributed by atoms with E-state index in [4.69, 9.17) is 4.42 Å². The number of benzene rings is 2. The Kier molecular flexibility index (Phi) is 4.29. The van der Waals surface area contributed by atoms with Crippen molar-refractivity contribution < 1.29 is 14.1 Å². The molecule has 0 bridgehead atoms. The van der Waals surface area contributed by atoms with E-state index >= 15 is 0 Å². The molecule has 0 atom stereocenters. The lowest BCUT2D eigenvalue weighted by Crippen LogP contribution is -2.14. The number of carbonyl (C=O) groups excluding carboxylic acids is 1. The van der Waals surface area contributed by atoms with Crippen molar-refractivity contribution in [3.8, 4) is 11.5 Å². The van der Waals surface area contributed by atoms with Crippen LogP contribution in [0.3, 0.4) is 0 Å². The normalized spacial score (nSPS) is 10.8. The zero-order valence-corrected chi connectivity index (χ0v) is 14.7. The second kappa shape index (κ2) is 6.92. The number of hydrogen-bond donors (Lipinski definition) is 1. The first kappa shape index (κ1) is 17.3. The van der Waals surface area contributed by atoms with Gasteiger partial charge in [0.25, 0.3) is 11.6 Å². The molecule has 8 nitrogen and oxygen atoms in total.